The Hall–Kier alpha value is -2.52. The zero-order valence-electron chi connectivity index (χ0n) is 18.1. The molecule has 1 N–H and O–H groups in total. The number of thioether (sulfide) groups is 1. The number of amides is 1. The minimum absolute atomic E-state index is 0.210. The van der Waals surface area contributed by atoms with Gasteiger partial charge in [0, 0.05) is 0 Å². The Morgan fingerprint density at radius 1 is 0.971 bits per heavy atom. The largest absolute Gasteiger partial charge is 0.488 e. The molecule has 1 aliphatic heterocycles. The summed E-state index contributed by atoms with van der Waals surface area (Å²) < 4.78 is 7.03. The third kappa shape index (κ3) is 5.67. The van der Waals surface area contributed by atoms with Crippen LogP contribution in [0.25, 0.3) is 16.8 Å². The first-order valence-electron chi connectivity index (χ1n) is 10.6. The lowest BCUT2D eigenvalue weighted by Crippen LogP contribution is -2.19. The van der Waals surface area contributed by atoms with E-state index in [1.54, 1.807) is 18.2 Å². The fraction of sp³-hybridized carbons (Fsp3) is 0.0370. The quantitative estimate of drug-likeness (QED) is 0.179. The molecule has 35 heavy (non-hydrogen) atoms. The van der Waals surface area contributed by atoms with Crippen LogP contribution >= 0.6 is 57.6 Å². The van der Waals surface area contributed by atoms with Crippen molar-refractivity contribution < 1.29 is 9.53 Å². The van der Waals surface area contributed by atoms with Crippen LogP contribution in [-0.4, -0.2) is 11.1 Å². The van der Waals surface area contributed by atoms with Crippen LogP contribution in [0.2, 0.25) is 10.0 Å². The van der Waals surface area contributed by atoms with Gasteiger partial charge in [0.25, 0.3) is 5.91 Å². The normalized spacial score (nSPS) is 15.7. The molecule has 1 aliphatic rings. The summed E-state index contributed by atoms with van der Waals surface area (Å²) in [6.45, 7) is 0.478. The predicted molar refractivity (Wildman–Crippen MR) is 155 cm³/mol. The summed E-state index contributed by atoms with van der Waals surface area (Å²) in [6.07, 6.45) is 1.83. The molecule has 0 unspecified atom stereocenters. The maximum Gasteiger partial charge on any atom is 0.264 e. The maximum atomic E-state index is 12.5. The fourth-order valence-electron chi connectivity index (χ4n) is 3.53. The number of carbonyl (C=O) groups excluding carboxylic acids is 1. The van der Waals surface area contributed by atoms with Crippen molar-refractivity contribution in [3.8, 4) is 5.75 Å². The second-order valence-electron chi connectivity index (χ2n) is 7.71. The molecule has 8 heteroatoms. The minimum atomic E-state index is -0.210. The molecule has 0 atom stereocenters. The maximum absolute atomic E-state index is 12.5. The van der Waals surface area contributed by atoms with Gasteiger partial charge < -0.3 is 10.1 Å². The van der Waals surface area contributed by atoms with Crippen molar-refractivity contribution in [3.63, 3.8) is 0 Å². The Morgan fingerprint density at radius 3 is 2.63 bits per heavy atom. The Bertz CT molecular complexity index is 1520. The van der Waals surface area contributed by atoms with Crippen molar-refractivity contribution in [2.45, 2.75) is 6.61 Å². The van der Waals surface area contributed by atoms with Gasteiger partial charge in [0.05, 0.1) is 24.2 Å². The molecule has 0 radical (unpaired) electrons. The van der Waals surface area contributed by atoms with Crippen LogP contribution in [0.3, 0.4) is 0 Å². The van der Waals surface area contributed by atoms with Gasteiger partial charge in [-0.3, -0.25) is 4.79 Å². The van der Waals surface area contributed by atoms with E-state index in [9.17, 15) is 4.79 Å². The summed E-state index contributed by atoms with van der Waals surface area (Å²) in [5, 5.41) is 6.39. The number of hydrogen-bond acceptors (Lipinski definition) is 4. The number of fused-ring (bicyclic) bond motifs is 1. The summed E-state index contributed by atoms with van der Waals surface area (Å²) in [6, 6.07) is 25.6. The standard InChI is InChI=1S/C27H17Cl2IN2O2S/c28-20-6-3-7-22(25(20)29)31-27-32-26(33)24(35-27)14-16-9-11-23(21(30)13-16)34-15-17-8-10-18-4-1-2-5-19(18)12-17/h1-14H,15H2,(H,31,32,33)/b24-14+. The van der Waals surface area contributed by atoms with Crippen LogP contribution < -0.4 is 10.1 Å². The lowest BCUT2D eigenvalue weighted by atomic mass is 10.1. The lowest BCUT2D eigenvalue weighted by molar-refractivity contribution is -0.115. The highest BCUT2D eigenvalue weighted by atomic mass is 127. The van der Waals surface area contributed by atoms with E-state index in [4.69, 9.17) is 27.9 Å². The number of carbonyl (C=O) groups is 1. The first-order valence-corrected chi connectivity index (χ1v) is 13.2. The molecule has 174 valence electrons. The molecule has 4 aromatic rings. The number of amidine groups is 1. The van der Waals surface area contributed by atoms with E-state index in [0.29, 0.717) is 32.4 Å². The third-order valence-electron chi connectivity index (χ3n) is 5.27. The fourth-order valence-corrected chi connectivity index (χ4v) is 5.40. The van der Waals surface area contributed by atoms with Crippen molar-refractivity contribution in [3.05, 3.63) is 109 Å². The van der Waals surface area contributed by atoms with E-state index in [1.165, 1.54) is 22.5 Å². The van der Waals surface area contributed by atoms with Crippen LogP contribution in [0.1, 0.15) is 11.1 Å². The minimum Gasteiger partial charge on any atom is -0.488 e. The number of aliphatic imine (C=N–C) groups is 1. The Kier molecular flexibility index (Phi) is 7.34. The molecule has 1 amide bonds. The van der Waals surface area contributed by atoms with Crippen LogP contribution in [0, 0.1) is 3.57 Å². The number of nitrogens with zero attached hydrogens (tertiary/aromatic N) is 1. The van der Waals surface area contributed by atoms with E-state index in [1.807, 2.05) is 36.4 Å². The highest BCUT2D eigenvalue weighted by Gasteiger charge is 2.24. The van der Waals surface area contributed by atoms with E-state index < -0.39 is 0 Å². The zero-order chi connectivity index (χ0) is 24.4. The SMILES string of the molecule is O=C1NC(=Nc2cccc(Cl)c2Cl)S/C1=C/c1ccc(OCc2ccc3ccccc3c2)c(I)c1. The van der Waals surface area contributed by atoms with Crippen LogP contribution in [0.4, 0.5) is 5.69 Å². The Balaban J connectivity index is 1.29. The number of halogens is 3. The lowest BCUT2D eigenvalue weighted by Gasteiger charge is -2.10. The molecule has 0 aromatic heterocycles. The monoisotopic (exact) mass is 630 g/mol. The van der Waals surface area contributed by atoms with Gasteiger partial charge in [-0.1, -0.05) is 71.7 Å². The zero-order valence-corrected chi connectivity index (χ0v) is 22.6. The second kappa shape index (κ2) is 10.6. The van der Waals surface area contributed by atoms with Crippen molar-refractivity contribution in [2.24, 2.45) is 4.99 Å². The molecular formula is C27H17Cl2IN2O2S. The first-order chi connectivity index (χ1) is 17.0. The van der Waals surface area contributed by atoms with Crippen molar-refractivity contribution >= 4 is 91.2 Å². The van der Waals surface area contributed by atoms with Crippen molar-refractivity contribution in [2.75, 3.05) is 0 Å². The van der Waals surface area contributed by atoms with Gasteiger partial charge in [-0.05, 0) is 92.7 Å². The van der Waals surface area contributed by atoms with Crippen molar-refractivity contribution in [1.29, 1.82) is 0 Å². The smallest absolute Gasteiger partial charge is 0.264 e. The first kappa shape index (κ1) is 24.2. The number of hydrogen-bond donors (Lipinski definition) is 1. The summed E-state index contributed by atoms with van der Waals surface area (Å²) in [5.41, 5.74) is 2.51. The van der Waals surface area contributed by atoms with Gasteiger partial charge >= 0.3 is 0 Å². The molecule has 1 fully saturated rings. The number of ether oxygens (including phenoxy) is 1. The second-order valence-corrected chi connectivity index (χ2v) is 10.7. The molecule has 0 saturated carbocycles. The Morgan fingerprint density at radius 2 is 1.80 bits per heavy atom. The number of nitrogens with one attached hydrogen (secondary N) is 1. The van der Waals surface area contributed by atoms with Gasteiger partial charge in [0.1, 0.15) is 12.4 Å². The van der Waals surface area contributed by atoms with Crippen LogP contribution in [0.5, 0.6) is 5.75 Å². The van der Waals surface area contributed by atoms with E-state index in [2.05, 4.69) is 63.2 Å². The van der Waals surface area contributed by atoms with Crippen LogP contribution in [-0.2, 0) is 11.4 Å². The Labute approximate surface area is 230 Å². The highest BCUT2D eigenvalue weighted by Crippen LogP contribution is 2.35. The molecule has 0 bridgehead atoms. The van der Waals surface area contributed by atoms with Crippen molar-refractivity contribution in [1.82, 2.24) is 5.32 Å². The molecule has 0 aliphatic carbocycles. The summed E-state index contributed by atoms with van der Waals surface area (Å²) in [5.74, 6) is 0.584. The number of benzene rings is 4. The molecule has 4 aromatic carbocycles. The predicted octanol–water partition coefficient (Wildman–Crippen LogP) is 8.22. The van der Waals surface area contributed by atoms with Gasteiger partial charge in [-0.2, -0.15) is 0 Å². The summed E-state index contributed by atoms with van der Waals surface area (Å²) >= 11 is 15.8. The van der Waals surface area contributed by atoms with Gasteiger partial charge in [-0.25, -0.2) is 4.99 Å². The van der Waals surface area contributed by atoms with Gasteiger partial charge in [0.2, 0.25) is 0 Å². The molecule has 5 rings (SSSR count). The van der Waals surface area contributed by atoms with Crippen LogP contribution in [0.15, 0.2) is 88.8 Å². The van der Waals surface area contributed by atoms with E-state index in [0.717, 1.165) is 20.4 Å². The molecular weight excluding hydrogens is 614 g/mol. The molecule has 4 nitrogen and oxygen atoms in total. The average Bonchev–Trinajstić information content (AvgIpc) is 3.19. The van der Waals surface area contributed by atoms with E-state index in [-0.39, 0.29) is 5.91 Å². The topological polar surface area (TPSA) is 50.7 Å². The third-order valence-corrected chi connectivity index (χ3v) is 7.83. The molecule has 1 heterocycles. The summed E-state index contributed by atoms with van der Waals surface area (Å²) in [4.78, 5) is 17.4. The average molecular weight is 631 g/mol. The molecule has 1 saturated heterocycles. The highest BCUT2D eigenvalue weighted by molar-refractivity contribution is 14.1. The summed E-state index contributed by atoms with van der Waals surface area (Å²) in [7, 11) is 0. The van der Waals surface area contributed by atoms with E-state index >= 15 is 0 Å². The number of rotatable bonds is 5. The van der Waals surface area contributed by atoms with Gasteiger partial charge in [0.15, 0.2) is 5.17 Å². The molecule has 0 spiro atoms. The van der Waals surface area contributed by atoms with Gasteiger partial charge in [-0.15, -0.1) is 0 Å².